The van der Waals surface area contributed by atoms with Crippen LogP contribution >= 0.6 is 0 Å². The highest BCUT2D eigenvalue weighted by atomic mass is 16.6. The van der Waals surface area contributed by atoms with Crippen LogP contribution < -0.4 is 10.2 Å². The summed E-state index contributed by atoms with van der Waals surface area (Å²) < 4.78 is 5.67. The monoisotopic (exact) mass is 436 g/mol. The predicted molar refractivity (Wildman–Crippen MR) is 119 cm³/mol. The van der Waals surface area contributed by atoms with E-state index in [2.05, 4.69) is 5.32 Å². The lowest BCUT2D eigenvalue weighted by Crippen LogP contribution is -2.52. The number of rotatable bonds is 6. The van der Waals surface area contributed by atoms with Gasteiger partial charge in [0.1, 0.15) is 6.61 Å². The lowest BCUT2D eigenvalue weighted by Gasteiger charge is -2.43. The van der Waals surface area contributed by atoms with Gasteiger partial charge in [0.25, 0.3) is 0 Å². The molecule has 32 heavy (non-hydrogen) atoms. The summed E-state index contributed by atoms with van der Waals surface area (Å²) in [5.41, 5.74) is 2.53. The van der Waals surface area contributed by atoms with Crippen LogP contribution in [0, 0.1) is 11.8 Å². The predicted octanol–water partition coefficient (Wildman–Crippen LogP) is 4.28. The van der Waals surface area contributed by atoms with Crippen LogP contribution in [-0.4, -0.2) is 29.1 Å². The smallest absolute Gasteiger partial charge is 0.414 e. The van der Waals surface area contributed by atoms with E-state index in [0.29, 0.717) is 0 Å². The number of anilines is 1. The van der Waals surface area contributed by atoms with Crippen molar-refractivity contribution in [2.24, 2.45) is 11.8 Å². The van der Waals surface area contributed by atoms with Crippen LogP contribution in [0.15, 0.2) is 54.6 Å². The molecule has 1 aliphatic carbocycles. The minimum Gasteiger partial charge on any atom is -0.481 e. The molecule has 4 rings (SSSR count). The fourth-order valence-electron chi connectivity index (χ4n) is 4.92. The molecule has 0 spiro atoms. The molecular weight excluding hydrogens is 408 g/mol. The van der Waals surface area contributed by atoms with Gasteiger partial charge < -0.3 is 15.2 Å². The summed E-state index contributed by atoms with van der Waals surface area (Å²) in [4.78, 5) is 38.7. The average molecular weight is 437 g/mol. The minimum absolute atomic E-state index is 0.0511. The van der Waals surface area contributed by atoms with Gasteiger partial charge in [-0.2, -0.15) is 0 Å². The Bertz CT molecular complexity index is 993. The first-order chi connectivity index (χ1) is 15.5. The van der Waals surface area contributed by atoms with E-state index in [1.54, 1.807) is 11.8 Å². The third-order valence-electron chi connectivity index (χ3n) is 6.45. The number of carboxylic acid groups (broad SMARTS) is 1. The van der Waals surface area contributed by atoms with Gasteiger partial charge in [-0.25, -0.2) is 4.79 Å². The number of ether oxygens (including phenoxy) is 1. The van der Waals surface area contributed by atoms with Crippen LogP contribution in [0.25, 0.3) is 0 Å². The molecule has 1 heterocycles. The third kappa shape index (κ3) is 4.47. The number of aliphatic carboxylic acids is 1. The molecule has 3 unspecified atom stereocenters. The Balaban J connectivity index is 1.58. The molecule has 2 aromatic rings. The van der Waals surface area contributed by atoms with Gasteiger partial charge >= 0.3 is 12.1 Å². The van der Waals surface area contributed by atoms with E-state index in [1.807, 2.05) is 54.6 Å². The molecule has 2 N–H and O–H groups in total. The standard InChI is InChI=1S/C25H28N2O5/c1-16(14-22(28)29)24(30)26-23-18-10-5-6-12-20(18)27(21-13-7-11-19(21)23)25(31)32-15-17-8-3-2-4-9-17/h2-6,8-10,12,16,19,21,23H,7,11,13-15H2,1H3,(H,26,30)(H,28,29)/t16-,19?,21?,23?/m1/s1. The Morgan fingerprint density at radius 2 is 1.81 bits per heavy atom. The molecular formula is C25H28N2O5. The third-order valence-corrected chi connectivity index (χ3v) is 6.45. The summed E-state index contributed by atoms with van der Waals surface area (Å²) >= 11 is 0. The maximum absolute atomic E-state index is 13.2. The van der Waals surface area contributed by atoms with E-state index >= 15 is 0 Å². The highest BCUT2D eigenvalue weighted by Crippen LogP contribution is 2.48. The molecule has 4 atom stereocenters. The minimum atomic E-state index is -0.997. The molecule has 7 heteroatoms. The zero-order valence-electron chi connectivity index (χ0n) is 18.1. The molecule has 0 saturated heterocycles. The first kappa shape index (κ1) is 21.9. The van der Waals surface area contributed by atoms with Crippen molar-refractivity contribution in [3.8, 4) is 0 Å². The van der Waals surface area contributed by atoms with Gasteiger partial charge in [-0.15, -0.1) is 0 Å². The van der Waals surface area contributed by atoms with E-state index in [-0.39, 0.29) is 43.0 Å². The van der Waals surface area contributed by atoms with Crippen LogP contribution in [0.5, 0.6) is 0 Å². The number of nitrogens with one attached hydrogen (secondary N) is 1. The van der Waals surface area contributed by atoms with Crippen LogP contribution in [0.1, 0.15) is 49.8 Å². The summed E-state index contributed by atoms with van der Waals surface area (Å²) in [6, 6.07) is 16.8. The van der Waals surface area contributed by atoms with Crippen molar-refractivity contribution < 1.29 is 24.2 Å². The Morgan fingerprint density at radius 1 is 1.09 bits per heavy atom. The van der Waals surface area contributed by atoms with Crippen LogP contribution in [0.2, 0.25) is 0 Å². The quantitative estimate of drug-likeness (QED) is 0.705. The Kier molecular flexibility index (Phi) is 6.44. The van der Waals surface area contributed by atoms with Crippen LogP contribution in [0.3, 0.4) is 0 Å². The maximum atomic E-state index is 13.2. The number of hydrogen-bond acceptors (Lipinski definition) is 4. The van der Waals surface area contributed by atoms with Gasteiger partial charge in [0.2, 0.25) is 5.91 Å². The molecule has 7 nitrogen and oxygen atoms in total. The van der Waals surface area contributed by atoms with Crippen molar-refractivity contribution in [2.45, 2.75) is 51.3 Å². The Morgan fingerprint density at radius 3 is 2.56 bits per heavy atom. The van der Waals surface area contributed by atoms with Crippen molar-refractivity contribution >= 4 is 23.7 Å². The van der Waals surface area contributed by atoms with Crippen LogP contribution in [0.4, 0.5) is 10.5 Å². The average Bonchev–Trinajstić information content (AvgIpc) is 3.27. The first-order valence-corrected chi connectivity index (χ1v) is 11.1. The van der Waals surface area contributed by atoms with Gasteiger partial charge in [0.15, 0.2) is 0 Å². The maximum Gasteiger partial charge on any atom is 0.414 e. The van der Waals surface area contributed by atoms with Gasteiger partial charge in [-0.1, -0.05) is 61.9 Å². The lowest BCUT2D eigenvalue weighted by molar-refractivity contribution is -0.141. The van der Waals surface area contributed by atoms with E-state index in [1.165, 1.54) is 0 Å². The zero-order chi connectivity index (χ0) is 22.7. The Hall–Kier alpha value is -3.35. The number of carbonyl (C=O) groups is 3. The number of carboxylic acids is 1. The second-order valence-electron chi connectivity index (χ2n) is 8.62. The van der Waals surface area contributed by atoms with Crippen molar-refractivity contribution in [3.63, 3.8) is 0 Å². The molecule has 1 saturated carbocycles. The Labute approximate surface area is 187 Å². The summed E-state index contributed by atoms with van der Waals surface area (Å²) in [5, 5.41) is 12.1. The number of para-hydroxylation sites is 1. The fraction of sp³-hybridized carbons (Fsp3) is 0.400. The summed E-state index contributed by atoms with van der Waals surface area (Å²) in [6.45, 7) is 1.82. The fourth-order valence-corrected chi connectivity index (χ4v) is 4.92. The topological polar surface area (TPSA) is 95.9 Å². The number of fused-ring (bicyclic) bond motifs is 2. The van der Waals surface area contributed by atoms with Crippen molar-refractivity contribution in [1.29, 1.82) is 0 Å². The van der Waals surface area contributed by atoms with Crippen LogP contribution in [-0.2, 0) is 20.9 Å². The number of benzene rings is 2. The molecule has 168 valence electrons. The van der Waals surface area contributed by atoms with Gasteiger partial charge in [-0.3, -0.25) is 14.5 Å². The highest BCUT2D eigenvalue weighted by molar-refractivity contribution is 5.91. The zero-order valence-corrected chi connectivity index (χ0v) is 18.1. The summed E-state index contributed by atoms with van der Waals surface area (Å²) in [6.07, 6.45) is 2.05. The number of carbonyl (C=O) groups excluding carboxylic acids is 2. The highest BCUT2D eigenvalue weighted by Gasteiger charge is 2.47. The second-order valence-corrected chi connectivity index (χ2v) is 8.62. The number of hydrogen-bond donors (Lipinski definition) is 2. The molecule has 0 aromatic heterocycles. The summed E-state index contributed by atoms with van der Waals surface area (Å²) in [5.74, 6) is -1.86. The van der Waals surface area contributed by atoms with Gasteiger partial charge in [-0.05, 0) is 30.0 Å². The van der Waals surface area contributed by atoms with E-state index in [4.69, 9.17) is 9.84 Å². The van der Waals surface area contributed by atoms with Crippen molar-refractivity contribution in [1.82, 2.24) is 5.32 Å². The molecule has 1 aliphatic heterocycles. The van der Waals surface area contributed by atoms with Crippen molar-refractivity contribution in [3.05, 3.63) is 65.7 Å². The number of nitrogens with zero attached hydrogens (tertiary/aromatic N) is 1. The second kappa shape index (κ2) is 9.42. The molecule has 2 amide bonds. The van der Waals surface area contributed by atoms with Gasteiger partial charge in [0.05, 0.1) is 18.2 Å². The molecule has 0 bridgehead atoms. The van der Waals surface area contributed by atoms with E-state index in [0.717, 1.165) is 36.1 Å². The molecule has 1 fully saturated rings. The first-order valence-electron chi connectivity index (χ1n) is 11.1. The largest absolute Gasteiger partial charge is 0.481 e. The van der Waals surface area contributed by atoms with Crippen molar-refractivity contribution in [2.75, 3.05) is 4.90 Å². The normalized spacial score (nSPS) is 22.4. The van der Waals surface area contributed by atoms with E-state index < -0.39 is 11.9 Å². The summed E-state index contributed by atoms with van der Waals surface area (Å²) in [7, 11) is 0. The molecule has 0 radical (unpaired) electrons. The number of amides is 2. The molecule has 2 aromatic carbocycles. The van der Waals surface area contributed by atoms with E-state index in [9.17, 15) is 14.4 Å². The SMILES string of the molecule is C[C@H](CC(=O)O)C(=O)NC1c2ccccc2N(C(=O)OCc2ccccc2)C2CCCC12. The lowest BCUT2D eigenvalue weighted by atomic mass is 9.82. The molecule has 2 aliphatic rings. The van der Waals surface area contributed by atoms with Gasteiger partial charge in [0, 0.05) is 17.9 Å².